The van der Waals surface area contributed by atoms with Gasteiger partial charge in [-0.3, -0.25) is 24.2 Å². The number of likely N-dealkylation sites (tertiary alicyclic amines) is 1. The number of hydrogen-bond acceptors (Lipinski definition) is 6. The van der Waals surface area contributed by atoms with E-state index >= 15 is 4.39 Å². The second-order valence-electron chi connectivity index (χ2n) is 17.0. The molecule has 13 heteroatoms. The largest absolute Gasteiger partial charge is 0.465 e. The number of amides is 5. The molecule has 12 nitrogen and oxygen atoms in total. The fourth-order valence-electron chi connectivity index (χ4n) is 8.63. The van der Waals surface area contributed by atoms with Crippen LogP contribution >= 0.6 is 0 Å². The first-order valence-corrected chi connectivity index (χ1v) is 20.6. The van der Waals surface area contributed by atoms with Crippen LogP contribution in [0.5, 0.6) is 0 Å². The summed E-state index contributed by atoms with van der Waals surface area (Å²) in [6, 6.07) is 24.9. The van der Waals surface area contributed by atoms with E-state index in [-0.39, 0.29) is 50.0 Å². The predicted octanol–water partition coefficient (Wildman–Crippen LogP) is 7.32. The zero-order chi connectivity index (χ0) is 42.7. The molecule has 0 radical (unpaired) electrons. The topological polar surface area (TPSA) is 149 Å². The van der Waals surface area contributed by atoms with Crippen molar-refractivity contribution in [3.63, 3.8) is 0 Å². The molecular formula is C47H52FN5O7. The molecule has 5 amide bonds. The predicted molar refractivity (Wildman–Crippen MR) is 222 cm³/mol. The molecule has 0 bridgehead atoms. The van der Waals surface area contributed by atoms with Gasteiger partial charge in [0.25, 0.3) is 5.91 Å². The highest BCUT2D eigenvalue weighted by atomic mass is 19.1. The molecule has 1 aliphatic carbocycles. The van der Waals surface area contributed by atoms with Gasteiger partial charge in [-0.15, -0.1) is 0 Å². The van der Waals surface area contributed by atoms with Crippen LogP contribution in [0.3, 0.4) is 0 Å². The second kappa shape index (κ2) is 17.5. The van der Waals surface area contributed by atoms with E-state index in [0.717, 1.165) is 40.9 Å². The first-order chi connectivity index (χ1) is 28.7. The molecule has 1 fully saturated rings. The maximum atomic E-state index is 15.2. The number of hydrogen-bond donors (Lipinski definition) is 3. The van der Waals surface area contributed by atoms with Gasteiger partial charge in [-0.1, -0.05) is 78.9 Å². The van der Waals surface area contributed by atoms with E-state index in [4.69, 9.17) is 4.74 Å². The van der Waals surface area contributed by atoms with Crippen molar-refractivity contribution < 1.29 is 38.2 Å². The van der Waals surface area contributed by atoms with E-state index < -0.39 is 59.6 Å². The summed E-state index contributed by atoms with van der Waals surface area (Å²) in [5.74, 6) is -1.68. The van der Waals surface area contributed by atoms with E-state index in [0.29, 0.717) is 11.1 Å². The Morgan fingerprint density at radius 3 is 2.22 bits per heavy atom. The fourth-order valence-corrected chi connectivity index (χ4v) is 8.63. The van der Waals surface area contributed by atoms with Crippen LogP contribution in [0.2, 0.25) is 0 Å². The van der Waals surface area contributed by atoms with Gasteiger partial charge < -0.3 is 25.4 Å². The summed E-state index contributed by atoms with van der Waals surface area (Å²) in [4.78, 5) is 72.0. The molecule has 3 N–H and O–H groups in total. The zero-order valence-electron chi connectivity index (χ0n) is 34.4. The molecule has 314 valence electrons. The van der Waals surface area contributed by atoms with Gasteiger partial charge in [0.05, 0.1) is 18.6 Å². The maximum Gasteiger partial charge on any atom is 0.411 e. The van der Waals surface area contributed by atoms with Crippen molar-refractivity contribution in [3.05, 3.63) is 142 Å². The molecule has 60 heavy (non-hydrogen) atoms. The van der Waals surface area contributed by atoms with Gasteiger partial charge in [0.1, 0.15) is 23.5 Å². The number of nitrogens with zero attached hydrogens (tertiary/aromatic N) is 3. The number of carboxylic acid groups (broad SMARTS) is 1. The minimum atomic E-state index is -1.23. The number of aryl methyl sites for hydroxylation is 1. The van der Waals surface area contributed by atoms with Crippen LogP contribution in [0.4, 0.5) is 14.0 Å². The number of carbonyl (C=O) groups is 5. The number of carbonyl (C=O) groups excluding carboxylic acids is 4. The Labute approximate surface area is 349 Å². The average Bonchev–Trinajstić information content (AvgIpc) is 3.66. The molecule has 2 aliphatic heterocycles. The summed E-state index contributed by atoms with van der Waals surface area (Å²) in [5.41, 5.74) is 4.41. The van der Waals surface area contributed by atoms with Crippen LogP contribution in [0.15, 0.2) is 97.1 Å². The normalized spacial score (nSPS) is 20.3. The van der Waals surface area contributed by atoms with E-state index in [1.54, 1.807) is 70.2 Å². The minimum absolute atomic E-state index is 0.0115. The van der Waals surface area contributed by atoms with E-state index in [9.17, 15) is 29.1 Å². The van der Waals surface area contributed by atoms with Crippen LogP contribution in [-0.4, -0.2) is 80.0 Å². The quantitative estimate of drug-likeness (QED) is 0.160. The third-order valence-electron chi connectivity index (χ3n) is 11.7. The smallest absolute Gasteiger partial charge is 0.411 e. The lowest BCUT2D eigenvalue weighted by atomic mass is 9.87. The molecule has 3 aliphatic rings. The van der Waals surface area contributed by atoms with Crippen molar-refractivity contribution >= 4 is 29.9 Å². The second-order valence-corrected chi connectivity index (χ2v) is 17.0. The fraction of sp³-hybridized carbons (Fsp3) is 0.383. The Kier molecular flexibility index (Phi) is 12.3. The Bertz CT molecular complexity index is 2260. The minimum Gasteiger partial charge on any atom is -0.465 e. The standard InChI is InChI=1S/C47H52FN5O7/c1-29(36-16-9-10-18-38(36)48)51(44(56)41-24-33-13-5-6-14-34(33)27-52(41)45(57)58)26-30-20-22-32(23-21-30)42(54)49-35-25-40(53(28-35)46(59)60-47(2,3)4)43(55)50-39-19-11-15-31-12-7-8-17-37(31)39/h5-10,12-14,16-18,20-23,29,35,39-41H,11,15,19,24-28H2,1-4H3,(H,49,54)(H,50,55)(H,57,58)/t29-,35+,39-,40+,41?/m1/s1. The summed E-state index contributed by atoms with van der Waals surface area (Å²) >= 11 is 0. The first-order valence-electron chi connectivity index (χ1n) is 20.6. The van der Waals surface area contributed by atoms with Gasteiger partial charge >= 0.3 is 12.2 Å². The van der Waals surface area contributed by atoms with Crippen molar-refractivity contribution in [1.82, 2.24) is 25.3 Å². The Hall–Kier alpha value is -6.24. The summed E-state index contributed by atoms with van der Waals surface area (Å²) in [7, 11) is 0. The number of halogens is 1. The molecule has 1 unspecified atom stereocenters. The third kappa shape index (κ3) is 9.30. The SMILES string of the molecule is C[C@H](c1ccccc1F)N(Cc1ccc(C(=O)N[C@H]2C[C@@H](C(=O)N[C@@H]3CCCc4ccccc43)N(C(=O)OC(C)(C)C)C2)cc1)C(=O)C1Cc2ccccc2CN1C(=O)O. The van der Waals surface area contributed by atoms with Crippen LogP contribution in [0, 0.1) is 5.82 Å². The summed E-state index contributed by atoms with van der Waals surface area (Å²) in [5, 5.41) is 16.4. The van der Waals surface area contributed by atoms with Gasteiger partial charge in [0.15, 0.2) is 0 Å². The van der Waals surface area contributed by atoms with E-state index in [2.05, 4.69) is 16.7 Å². The maximum absolute atomic E-state index is 15.2. The van der Waals surface area contributed by atoms with Gasteiger partial charge in [0, 0.05) is 36.7 Å². The highest BCUT2D eigenvalue weighted by Gasteiger charge is 2.43. The van der Waals surface area contributed by atoms with Crippen molar-refractivity contribution in [1.29, 1.82) is 0 Å². The Morgan fingerprint density at radius 2 is 1.52 bits per heavy atom. The molecule has 4 aromatic rings. The monoisotopic (exact) mass is 817 g/mol. The molecule has 1 saturated heterocycles. The van der Waals surface area contributed by atoms with Crippen molar-refractivity contribution in [2.24, 2.45) is 0 Å². The van der Waals surface area contributed by atoms with Crippen LogP contribution in [0.25, 0.3) is 0 Å². The van der Waals surface area contributed by atoms with Crippen LogP contribution in [-0.2, 0) is 40.3 Å². The molecular weight excluding hydrogens is 766 g/mol. The molecule has 0 aromatic heterocycles. The lowest BCUT2D eigenvalue weighted by molar-refractivity contribution is -0.140. The Balaban J connectivity index is 1.07. The number of nitrogens with one attached hydrogen (secondary N) is 2. The van der Waals surface area contributed by atoms with Crippen molar-refractivity contribution in [2.45, 2.75) is 109 Å². The molecule has 0 spiro atoms. The zero-order valence-corrected chi connectivity index (χ0v) is 34.4. The molecule has 2 heterocycles. The number of ether oxygens (including phenoxy) is 1. The number of rotatable bonds is 9. The van der Waals surface area contributed by atoms with Gasteiger partial charge in [-0.25, -0.2) is 14.0 Å². The Morgan fingerprint density at radius 1 is 0.850 bits per heavy atom. The van der Waals surface area contributed by atoms with E-state index in [1.807, 2.05) is 42.5 Å². The molecule has 4 aromatic carbocycles. The molecule has 0 saturated carbocycles. The van der Waals surface area contributed by atoms with Crippen molar-refractivity contribution in [3.8, 4) is 0 Å². The molecule has 7 rings (SSSR count). The highest BCUT2D eigenvalue weighted by Crippen LogP contribution is 2.32. The first kappa shape index (κ1) is 41.9. The average molecular weight is 818 g/mol. The van der Waals surface area contributed by atoms with Crippen LogP contribution in [0.1, 0.15) is 103 Å². The van der Waals surface area contributed by atoms with Gasteiger partial charge in [-0.05, 0) is 99.4 Å². The van der Waals surface area contributed by atoms with Crippen LogP contribution < -0.4 is 10.6 Å². The van der Waals surface area contributed by atoms with Crippen molar-refractivity contribution in [2.75, 3.05) is 6.54 Å². The van der Waals surface area contributed by atoms with E-state index in [1.165, 1.54) is 21.4 Å². The molecule has 5 atom stereocenters. The lowest BCUT2D eigenvalue weighted by Gasteiger charge is -2.39. The summed E-state index contributed by atoms with van der Waals surface area (Å²) in [6.45, 7) is 7.11. The van der Waals surface area contributed by atoms with Gasteiger partial charge in [-0.2, -0.15) is 0 Å². The van der Waals surface area contributed by atoms with Gasteiger partial charge in [0.2, 0.25) is 11.8 Å². The highest BCUT2D eigenvalue weighted by molar-refractivity contribution is 5.95. The third-order valence-corrected chi connectivity index (χ3v) is 11.7. The summed E-state index contributed by atoms with van der Waals surface area (Å²) in [6.07, 6.45) is 1.14. The number of fused-ring (bicyclic) bond motifs is 2. The summed E-state index contributed by atoms with van der Waals surface area (Å²) < 4.78 is 20.9. The number of benzene rings is 4. The lowest BCUT2D eigenvalue weighted by Crippen LogP contribution is -2.53.